The fourth-order valence-electron chi connectivity index (χ4n) is 2.80. The molecule has 0 unspecified atom stereocenters. The number of hydrogen-bond donors (Lipinski definition) is 1. The van der Waals surface area contributed by atoms with E-state index in [2.05, 4.69) is 5.32 Å². The molecule has 3 aromatic rings. The van der Waals surface area contributed by atoms with Gasteiger partial charge in [-0.2, -0.15) is 0 Å². The SMILES string of the molecule is CCOc1ccc(NC(=O)c2cc3cc(OCC)ccc3n2C)cc1. The third-order valence-corrected chi connectivity index (χ3v) is 3.98. The van der Waals surface area contributed by atoms with Crippen LogP contribution in [0.2, 0.25) is 0 Å². The van der Waals surface area contributed by atoms with Crippen LogP contribution in [0.3, 0.4) is 0 Å². The molecule has 3 rings (SSSR count). The van der Waals surface area contributed by atoms with E-state index in [0.717, 1.165) is 28.1 Å². The molecule has 5 heteroatoms. The average Bonchev–Trinajstić information content (AvgIpc) is 2.94. The van der Waals surface area contributed by atoms with Crippen molar-refractivity contribution in [1.82, 2.24) is 4.57 Å². The predicted molar refractivity (Wildman–Crippen MR) is 99.7 cm³/mol. The van der Waals surface area contributed by atoms with Gasteiger partial charge in [0.25, 0.3) is 5.91 Å². The second-order valence-electron chi connectivity index (χ2n) is 5.65. The van der Waals surface area contributed by atoms with Crippen molar-refractivity contribution in [1.29, 1.82) is 0 Å². The molecule has 25 heavy (non-hydrogen) atoms. The second kappa shape index (κ2) is 7.30. The van der Waals surface area contributed by atoms with Crippen molar-refractivity contribution >= 4 is 22.5 Å². The van der Waals surface area contributed by atoms with Crippen molar-refractivity contribution in [2.45, 2.75) is 13.8 Å². The van der Waals surface area contributed by atoms with E-state index >= 15 is 0 Å². The molecule has 0 aliphatic heterocycles. The lowest BCUT2D eigenvalue weighted by Crippen LogP contribution is -2.15. The van der Waals surface area contributed by atoms with Gasteiger partial charge in [0.15, 0.2) is 0 Å². The first-order chi connectivity index (χ1) is 12.1. The Kier molecular flexibility index (Phi) is 4.93. The Morgan fingerprint density at radius 2 is 1.60 bits per heavy atom. The number of fused-ring (bicyclic) bond motifs is 1. The third kappa shape index (κ3) is 3.60. The number of nitrogens with one attached hydrogen (secondary N) is 1. The quantitative estimate of drug-likeness (QED) is 0.732. The van der Waals surface area contributed by atoms with E-state index in [-0.39, 0.29) is 5.91 Å². The number of amides is 1. The van der Waals surface area contributed by atoms with E-state index in [4.69, 9.17) is 9.47 Å². The molecule has 130 valence electrons. The Morgan fingerprint density at radius 3 is 2.28 bits per heavy atom. The minimum absolute atomic E-state index is 0.152. The maximum atomic E-state index is 12.6. The zero-order valence-electron chi connectivity index (χ0n) is 14.7. The van der Waals surface area contributed by atoms with Crippen LogP contribution in [0.25, 0.3) is 10.9 Å². The molecule has 1 heterocycles. The number of aromatic nitrogens is 1. The molecule has 0 aliphatic carbocycles. The molecule has 0 saturated heterocycles. The summed E-state index contributed by atoms with van der Waals surface area (Å²) in [5.74, 6) is 1.44. The van der Waals surface area contributed by atoms with Crippen molar-refractivity contribution in [2.75, 3.05) is 18.5 Å². The minimum atomic E-state index is -0.152. The lowest BCUT2D eigenvalue weighted by molar-refractivity contribution is 0.101. The molecule has 0 saturated carbocycles. The molecule has 0 radical (unpaired) electrons. The first kappa shape index (κ1) is 16.9. The highest BCUT2D eigenvalue weighted by atomic mass is 16.5. The molecule has 0 aliphatic rings. The van der Waals surface area contributed by atoms with Crippen LogP contribution in [-0.2, 0) is 7.05 Å². The Labute approximate surface area is 147 Å². The molecule has 1 aromatic heterocycles. The van der Waals surface area contributed by atoms with Crippen molar-refractivity contribution in [3.8, 4) is 11.5 Å². The Bertz CT molecular complexity index is 882. The number of anilines is 1. The van der Waals surface area contributed by atoms with E-state index in [1.54, 1.807) is 0 Å². The van der Waals surface area contributed by atoms with Crippen molar-refractivity contribution in [3.63, 3.8) is 0 Å². The number of nitrogens with zero attached hydrogens (tertiary/aromatic N) is 1. The van der Waals surface area contributed by atoms with Crippen molar-refractivity contribution < 1.29 is 14.3 Å². The van der Waals surface area contributed by atoms with Gasteiger partial charge in [-0.3, -0.25) is 4.79 Å². The summed E-state index contributed by atoms with van der Waals surface area (Å²) in [4.78, 5) is 12.6. The number of rotatable bonds is 6. The molecule has 1 N–H and O–H groups in total. The van der Waals surface area contributed by atoms with Gasteiger partial charge in [-0.15, -0.1) is 0 Å². The monoisotopic (exact) mass is 338 g/mol. The zero-order valence-corrected chi connectivity index (χ0v) is 14.7. The fourth-order valence-corrected chi connectivity index (χ4v) is 2.80. The lowest BCUT2D eigenvalue weighted by atomic mass is 10.2. The van der Waals surface area contributed by atoms with Gasteiger partial charge < -0.3 is 19.4 Å². The average molecular weight is 338 g/mol. The van der Waals surface area contributed by atoms with Crippen LogP contribution in [0.1, 0.15) is 24.3 Å². The highest BCUT2D eigenvalue weighted by Gasteiger charge is 2.14. The minimum Gasteiger partial charge on any atom is -0.494 e. The zero-order chi connectivity index (χ0) is 17.8. The van der Waals surface area contributed by atoms with Gasteiger partial charge in [-0.1, -0.05) is 0 Å². The van der Waals surface area contributed by atoms with Gasteiger partial charge in [0, 0.05) is 23.6 Å². The summed E-state index contributed by atoms with van der Waals surface area (Å²) in [6, 6.07) is 15.1. The third-order valence-electron chi connectivity index (χ3n) is 3.98. The van der Waals surface area contributed by atoms with Crippen LogP contribution in [-0.4, -0.2) is 23.7 Å². The Hall–Kier alpha value is -2.95. The number of carbonyl (C=O) groups excluding carboxylic acids is 1. The maximum Gasteiger partial charge on any atom is 0.272 e. The van der Waals surface area contributed by atoms with Gasteiger partial charge in [0.2, 0.25) is 0 Å². The van der Waals surface area contributed by atoms with Crippen LogP contribution < -0.4 is 14.8 Å². The van der Waals surface area contributed by atoms with Gasteiger partial charge in [0.1, 0.15) is 17.2 Å². The van der Waals surface area contributed by atoms with Crippen LogP contribution in [0.15, 0.2) is 48.5 Å². The summed E-state index contributed by atoms with van der Waals surface area (Å²) in [5, 5.41) is 3.90. The molecular weight excluding hydrogens is 316 g/mol. The summed E-state index contributed by atoms with van der Waals surface area (Å²) in [7, 11) is 1.88. The Morgan fingerprint density at radius 1 is 0.960 bits per heavy atom. The number of hydrogen-bond acceptors (Lipinski definition) is 3. The van der Waals surface area contributed by atoms with Crippen molar-refractivity contribution in [3.05, 3.63) is 54.2 Å². The summed E-state index contributed by atoms with van der Waals surface area (Å²) in [6.07, 6.45) is 0. The first-order valence-electron chi connectivity index (χ1n) is 8.39. The molecule has 2 aromatic carbocycles. The summed E-state index contributed by atoms with van der Waals surface area (Å²) < 4.78 is 12.8. The maximum absolute atomic E-state index is 12.6. The van der Waals surface area contributed by atoms with Crippen LogP contribution in [0.4, 0.5) is 5.69 Å². The van der Waals surface area contributed by atoms with E-state index in [0.29, 0.717) is 18.9 Å². The van der Waals surface area contributed by atoms with Crippen LogP contribution >= 0.6 is 0 Å². The number of benzene rings is 2. The van der Waals surface area contributed by atoms with E-state index in [9.17, 15) is 4.79 Å². The second-order valence-corrected chi connectivity index (χ2v) is 5.65. The fraction of sp³-hybridized carbons (Fsp3) is 0.250. The number of aryl methyl sites for hydroxylation is 1. The number of ether oxygens (including phenoxy) is 2. The van der Waals surface area contributed by atoms with Gasteiger partial charge in [-0.25, -0.2) is 0 Å². The van der Waals surface area contributed by atoms with E-state index in [1.807, 2.05) is 74.0 Å². The largest absolute Gasteiger partial charge is 0.494 e. The summed E-state index contributed by atoms with van der Waals surface area (Å²) in [5.41, 5.74) is 2.31. The molecule has 0 bridgehead atoms. The molecule has 5 nitrogen and oxygen atoms in total. The molecule has 0 atom stereocenters. The molecular formula is C20H22N2O3. The molecule has 1 amide bonds. The topological polar surface area (TPSA) is 52.5 Å². The normalized spacial score (nSPS) is 10.7. The smallest absolute Gasteiger partial charge is 0.272 e. The standard InChI is InChI=1S/C20H22N2O3/c1-4-24-16-8-6-15(7-9-16)21-20(23)19-13-14-12-17(25-5-2)10-11-18(14)22(19)3/h6-13H,4-5H2,1-3H3,(H,21,23). The van der Waals surface area contributed by atoms with Gasteiger partial charge >= 0.3 is 0 Å². The molecule has 0 spiro atoms. The van der Waals surface area contributed by atoms with Crippen molar-refractivity contribution in [2.24, 2.45) is 7.05 Å². The van der Waals surface area contributed by atoms with Gasteiger partial charge in [0.05, 0.1) is 13.2 Å². The Balaban J connectivity index is 1.82. The lowest BCUT2D eigenvalue weighted by Gasteiger charge is -2.08. The highest BCUT2D eigenvalue weighted by Crippen LogP contribution is 2.25. The summed E-state index contributed by atoms with van der Waals surface area (Å²) >= 11 is 0. The van der Waals surface area contributed by atoms with E-state index in [1.165, 1.54) is 0 Å². The first-order valence-corrected chi connectivity index (χ1v) is 8.39. The van der Waals surface area contributed by atoms with Crippen LogP contribution in [0, 0.1) is 0 Å². The summed E-state index contributed by atoms with van der Waals surface area (Å²) in [6.45, 7) is 5.12. The van der Waals surface area contributed by atoms with E-state index < -0.39 is 0 Å². The van der Waals surface area contributed by atoms with Gasteiger partial charge in [-0.05, 0) is 62.4 Å². The number of carbonyl (C=O) groups is 1. The highest BCUT2D eigenvalue weighted by molar-refractivity contribution is 6.06. The molecule has 0 fully saturated rings. The predicted octanol–water partition coefficient (Wildman–Crippen LogP) is 4.23. The van der Waals surface area contributed by atoms with Crippen LogP contribution in [0.5, 0.6) is 11.5 Å².